The molecule has 0 aromatic heterocycles. The average Bonchev–Trinajstić information content (AvgIpc) is 2.92. The van der Waals surface area contributed by atoms with Gasteiger partial charge in [0.25, 0.3) is 5.91 Å². The van der Waals surface area contributed by atoms with Crippen LogP contribution >= 0.6 is 0 Å². The largest absolute Gasteiger partial charge is 0.503 e. The fourth-order valence-electron chi connectivity index (χ4n) is 3.51. The lowest BCUT2D eigenvalue weighted by Crippen LogP contribution is -2.32. The van der Waals surface area contributed by atoms with Gasteiger partial charge in [0.2, 0.25) is 0 Å². The fraction of sp³-hybridized carbons (Fsp3) is 0.333. The second-order valence-electron chi connectivity index (χ2n) is 8.26. The van der Waals surface area contributed by atoms with Crippen LogP contribution in [0.15, 0.2) is 65.9 Å². The van der Waals surface area contributed by atoms with Gasteiger partial charge in [-0.25, -0.2) is 0 Å². The van der Waals surface area contributed by atoms with Crippen LogP contribution in [0, 0.1) is 5.41 Å². The number of carbonyl (C=O) groups excluding carboxylic acids is 2. The predicted molar refractivity (Wildman–Crippen MR) is 110 cm³/mol. The number of benzene rings is 2. The minimum Gasteiger partial charge on any atom is -0.503 e. The van der Waals surface area contributed by atoms with Crippen LogP contribution < -0.4 is 0 Å². The van der Waals surface area contributed by atoms with Gasteiger partial charge in [-0.2, -0.15) is 0 Å². The third-order valence-electron chi connectivity index (χ3n) is 5.13. The van der Waals surface area contributed by atoms with Crippen LogP contribution in [0.5, 0.6) is 0 Å². The Balaban J connectivity index is 2.08. The molecule has 0 aliphatic carbocycles. The first-order valence-corrected chi connectivity index (χ1v) is 9.65. The third kappa shape index (κ3) is 3.72. The van der Waals surface area contributed by atoms with Crippen LogP contribution in [-0.2, 0) is 22.6 Å². The van der Waals surface area contributed by atoms with Crippen molar-refractivity contribution in [1.29, 1.82) is 0 Å². The van der Waals surface area contributed by atoms with E-state index in [1.165, 1.54) is 5.56 Å². The van der Waals surface area contributed by atoms with Crippen molar-refractivity contribution in [2.24, 2.45) is 5.41 Å². The average molecular weight is 377 g/mol. The molecule has 0 saturated heterocycles. The molecule has 0 spiro atoms. The molecule has 1 amide bonds. The summed E-state index contributed by atoms with van der Waals surface area (Å²) in [5.74, 6) is -1.14. The van der Waals surface area contributed by atoms with Gasteiger partial charge < -0.3 is 10.0 Å². The molecule has 4 nitrogen and oxygen atoms in total. The number of rotatable bonds is 5. The van der Waals surface area contributed by atoms with E-state index in [9.17, 15) is 14.7 Å². The Kier molecular flexibility index (Phi) is 5.41. The van der Waals surface area contributed by atoms with Crippen molar-refractivity contribution >= 4 is 11.7 Å². The molecule has 1 unspecified atom stereocenters. The first-order valence-electron chi connectivity index (χ1n) is 9.65. The molecule has 0 saturated carbocycles. The molecule has 2 aromatic rings. The number of Topliss-reactive ketones (excluding diaryl/α,β-unsaturated/α-hetero) is 1. The number of aryl methyl sites for hydroxylation is 1. The van der Waals surface area contributed by atoms with Gasteiger partial charge in [-0.15, -0.1) is 0 Å². The molecular formula is C24H27NO3. The zero-order valence-corrected chi connectivity index (χ0v) is 16.9. The zero-order chi connectivity index (χ0) is 20.5. The van der Waals surface area contributed by atoms with Crippen LogP contribution in [0.2, 0.25) is 0 Å². The minimum absolute atomic E-state index is 0.192. The number of nitrogens with zero attached hydrogens (tertiary/aromatic N) is 1. The quantitative estimate of drug-likeness (QED) is 0.817. The number of hydrogen-bond acceptors (Lipinski definition) is 3. The maximum absolute atomic E-state index is 13.1. The Morgan fingerprint density at radius 2 is 1.61 bits per heavy atom. The smallest absolute Gasteiger partial charge is 0.290 e. The highest BCUT2D eigenvalue weighted by atomic mass is 16.3. The Bertz CT molecular complexity index is 905. The highest BCUT2D eigenvalue weighted by Crippen LogP contribution is 2.41. The summed E-state index contributed by atoms with van der Waals surface area (Å²) in [5, 5.41) is 10.6. The van der Waals surface area contributed by atoms with Crippen molar-refractivity contribution < 1.29 is 14.7 Å². The van der Waals surface area contributed by atoms with Crippen molar-refractivity contribution in [3.05, 3.63) is 82.6 Å². The summed E-state index contributed by atoms with van der Waals surface area (Å²) >= 11 is 0. The molecule has 28 heavy (non-hydrogen) atoms. The number of aliphatic hydroxyl groups excluding tert-OH is 1. The maximum atomic E-state index is 13.1. The first-order chi connectivity index (χ1) is 13.2. The van der Waals surface area contributed by atoms with E-state index < -0.39 is 23.1 Å². The third-order valence-corrected chi connectivity index (χ3v) is 5.13. The lowest BCUT2D eigenvalue weighted by Gasteiger charge is -2.29. The summed E-state index contributed by atoms with van der Waals surface area (Å²) in [7, 11) is 0. The number of hydrogen-bond donors (Lipinski definition) is 1. The van der Waals surface area contributed by atoms with E-state index in [0.29, 0.717) is 6.54 Å². The van der Waals surface area contributed by atoms with Crippen molar-refractivity contribution in [3.63, 3.8) is 0 Å². The molecule has 0 bridgehead atoms. The van der Waals surface area contributed by atoms with E-state index in [1.54, 1.807) is 25.7 Å². The van der Waals surface area contributed by atoms with Crippen LogP contribution in [0.1, 0.15) is 50.4 Å². The Labute approximate surface area is 166 Å². The second-order valence-corrected chi connectivity index (χ2v) is 8.26. The van der Waals surface area contributed by atoms with Gasteiger partial charge in [-0.3, -0.25) is 9.59 Å². The Morgan fingerprint density at radius 3 is 2.14 bits per heavy atom. The molecule has 1 aliphatic rings. The van der Waals surface area contributed by atoms with Crippen LogP contribution in [0.4, 0.5) is 0 Å². The van der Waals surface area contributed by atoms with Gasteiger partial charge in [0.05, 0.1) is 11.6 Å². The van der Waals surface area contributed by atoms with Crippen LogP contribution in [0.25, 0.3) is 0 Å². The summed E-state index contributed by atoms with van der Waals surface area (Å²) in [6.45, 7) is 7.81. The number of amides is 1. The molecule has 2 aromatic carbocycles. The molecule has 4 heteroatoms. The second kappa shape index (κ2) is 7.63. The van der Waals surface area contributed by atoms with Crippen molar-refractivity contribution in [2.45, 2.75) is 46.7 Å². The lowest BCUT2D eigenvalue weighted by molar-refractivity contribution is -0.130. The predicted octanol–water partition coefficient (Wildman–Crippen LogP) is 4.76. The maximum Gasteiger partial charge on any atom is 0.290 e. The number of carbonyl (C=O) groups is 2. The molecule has 146 valence electrons. The first kappa shape index (κ1) is 19.9. The minimum atomic E-state index is -0.700. The molecule has 1 atom stereocenters. The summed E-state index contributed by atoms with van der Waals surface area (Å²) < 4.78 is 0. The highest BCUT2D eigenvalue weighted by molar-refractivity contribution is 6.10. The van der Waals surface area contributed by atoms with E-state index in [2.05, 4.69) is 6.92 Å². The van der Waals surface area contributed by atoms with Crippen molar-refractivity contribution in [1.82, 2.24) is 4.90 Å². The van der Waals surface area contributed by atoms with Crippen molar-refractivity contribution in [2.75, 3.05) is 0 Å². The van der Waals surface area contributed by atoms with Gasteiger partial charge in [-0.1, -0.05) is 82.3 Å². The summed E-state index contributed by atoms with van der Waals surface area (Å²) in [6.07, 6.45) is 0.909. The van der Waals surface area contributed by atoms with E-state index >= 15 is 0 Å². The van der Waals surface area contributed by atoms with E-state index in [-0.39, 0.29) is 11.4 Å². The fourth-order valence-corrected chi connectivity index (χ4v) is 3.51. The van der Waals surface area contributed by atoms with Crippen LogP contribution in [0.3, 0.4) is 0 Å². The van der Waals surface area contributed by atoms with Gasteiger partial charge in [-0.05, 0) is 23.1 Å². The lowest BCUT2D eigenvalue weighted by atomic mass is 9.82. The summed E-state index contributed by atoms with van der Waals surface area (Å²) in [4.78, 5) is 27.6. The molecule has 1 N–H and O–H groups in total. The molecule has 1 heterocycles. The van der Waals surface area contributed by atoms with Gasteiger partial charge in [0, 0.05) is 12.0 Å². The zero-order valence-electron chi connectivity index (χ0n) is 16.9. The normalized spacial score (nSPS) is 17.4. The highest BCUT2D eigenvalue weighted by Gasteiger charge is 2.45. The molecule has 0 radical (unpaired) electrons. The number of aliphatic hydroxyl groups is 1. The SMILES string of the molecule is CCc1ccc(C2C(C(=O)C(C)(C)C)=C(O)C(=O)N2Cc2ccccc2)cc1. The van der Waals surface area contributed by atoms with E-state index in [4.69, 9.17) is 0 Å². The topological polar surface area (TPSA) is 57.6 Å². The summed E-state index contributed by atoms with van der Waals surface area (Å²) in [6, 6.07) is 16.9. The van der Waals surface area contributed by atoms with Gasteiger partial charge >= 0.3 is 0 Å². The van der Waals surface area contributed by atoms with Gasteiger partial charge in [0.1, 0.15) is 0 Å². The van der Waals surface area contributed by atoms with E-state index in [1.807, 2.05) is 54.6 Å². The standard InChI is InChI=1S/C24H27NO3/c1-5-16-11-13-18(14-12-16)20-19(22(27)24(2,3)4)21(26)23(28)25(20)15-17-9-7-6-8-10-17/h6-14,20,26H,5,15H2,1-4H3. The molecular weight excluding hydrogens is 350 g/mol. The Morgan fingerprint density at radius 1 is 1.00 bits per heavy atom. The summed E-state index contributed by atoms with van der Waals surface area (Å²) in [5.41, 5.74) is 2.45. The van der Waals surface area contributed by atoms with Gasteiger partial charge in [0.15, 0.2) is 11.5 Å². The monoisotopic (exact) mass is 377 g/mol. The van der Waals surface area contributed by atoms with Crippen molar-refractivity contribution in [3.8, 4) is 0 Å². The Hall–Kier alpha value is -2.88. The molecule has 1 aliphatic heterocycles. The molecule has 3 rings (SSSR count). The molecule has 0 fully saturated rings. The van der Waals surface area contributed by atoms with E-state index in [0.717, 1.165) is 17.5 Å². The van der Waals surface area contributed by atoms with Crippen LogP contribution in [-0.4, -0.2) is 21.7 Å². The number of ketones is 1.